The molecule has 1 amide bonds. The number of anilines is 2. The Kier molecular flexibility index (Phi) is 7.18. The van der Waals surface area contributed by atoms with E-state index in [4.69, 9.17) is 5.73 Å². The van der Waals surface area contributed by atoms with Crippen molar-refractivity contribution in [2.45, 2.75) is 13.0 Å². The standard InChI is InChI=1S/C25H19F4N5O3/c1-34-18(11-15-16(27)3-2-4-19(15)37-25(28)29)22(33-23(35)17-12-31-9-10-32-17)21(30)20(24(34)36)13-5-7-14(26)8-6-13/h2-10,12,25H,11,30H2,1H3,(H,33,35). The number of nitrogen functional groups attached to an aromatic ring is 1. The predicted molar refractivity (Wildman–Crippen MR) is 127 cm³/mol. The Morgan fingerprint density at radius 1 is 1.14 bits per heavy atom. The number of carbonyl (C=O) groups is 1. The zero-order chi connectivity index (χ0) is 26.7. The second-order valence-electron chi connectivity index (χ2n) is 7.80. The molecule has 2 aromatic carbocycles. The van der Waals surface area contributed by atoms with Crippen LogP contribution in [0, 0.1) is 11.6 Å². The van der Waals surface area contributed by atoms with Crippen LogP contribution in [0.3, 0.4) is 0 Å². The Bertz CT molecular complexity index is 1510. The molecule has 12 heteroatoms. The van der Waals surface area contributed by atoms with Crippen LogP contribution in [0.5, 0.6) is 5.75 Å². The van der Waals surface area contributed by atoms with Crippen LogP contribution in [0.15, 0.2) is 65.8 Å². The van der Waals surface area contributed by atoms with Crippen molar-refractivity contribution in [2.24, 2.45) is 7.05 Å². The van der Waals surface area contributed by atoms with Gasteiger partial charge in [0.1, 0.15) is 23.1 Å². The molecule has 0 aliphatic carbocycles. The highest BCUT2D eigenvalue weighted by molar-refractivity contribution is 6.06. The van der Waals surface area contributed by atoms with Gasteiger partial charge in [0.15, 0.2) is 0 Å². The molecule has 0 spiro atoms. The van der Waals surface area contributed by atoms with Gasteiger partial charge in [-0.2, -0.15) is 8.78 Å². The molecule has 37 heavy (non-hydrogen) atoms. The van der Waals surface area contributed by atoms with Crippen LogP contribution in [-0.4, -0.2) is 27.1 Å². The summed E-state index contributed by atoms with van der Waals surface area (Å²) >= 11 is 0. The number of hydrogen-bond donors (Lipinski definition) is 2. The number of hydrogen-bond acceptors (Lipinski definition) is 6. The van der Waals surface area contributed by atoms with Gasteiger partial charge in [0.05, 0.1) is 28.8 Å². The number of nitrogens with zero attached hydrogens (tertiary/aromatic N) is 3. The van der Waals surface area contributed by atoms with E-state index in [1.54, 1.807) is 0 Å². The maximum absolute atomic E-state index is 14.8. The molecule has 0 radical (unpaired) electrons. The number of alkyl halides is 2. The van der Waals surface area contributed by atoms with Gasteiger partial charge in [-0.05, 0) is 29.8 Å². The van der Waals surface area contributed by atoms with E-state index in [0.29, 0.717) is 0 Å². The molecule has 0 aliphatic heterocycles. The van der Waals surface area contributed by atoms with Crippen molar-refractivity contribution in [3.05, 3.63) is 100.0 Å². The van der Waals surface area contributed by atoms with Crippen molar-refractivity contribution in [1.82, 2.24) is 14.5 Å². The van der Waals surface area contributed by atoms with Crippen molar-refractivity contribution in [1.29, 1.82) is 0 Å². The molecule has 0 aliphatic rings. The number of ether oxygens (including phenoxy) is 1. The zero-order valence-corrected chi connectivity index (χ0v) is 19.2. The summed E-state index contributed by atoms with van der Waals surface area (Å²) in [5.74, 6) is -2.62. The van der Waals surface area contributed by atoms with E-state index < -0.39 is 41.9 Å². The fourth-order valence-electron chi connectivity index (χ4n) is 3.77. The number of halogens is 4. The van der Waals surface area contributed by atoms with Gasteiger partial charge in [0.2, 0.25) is 0 Å². The van der Waals surface area contributed by atoms with Crippen LogP contribution in [0.25, 0.3) is 11.1 Å². The lowest BCUT2D eigenvalue weighted by molar-refractivity contribution is -0.0505. The number of nitrogens with one attached hydrogen (secondary N) is 1. The minimum Gasteiger partial charge on any atom is -0.434 e. The minimum absolute atomic E-state index is 0.00480. The third-order valence-corrected chi connectivity index (χ3v) is 5.55. The van der Waals surface area contributed by atoms with Gasteiger partial charge in [-0.25, -0.2) is 13.8 Å². The first-order valence-electron chi connectivity index (χ1n) is 10.7. The van der Waals surface area contributed by atoms with Crippen LogP contribution >= 0.6 is 0 Å². The van der Waals surface area contributed by atoms with E-state index in [9.17, 15) is 27.2 Å². The number of aromatic nitrogens is 3. The number of pyridine rings is 1. The van der Waals surface area contributed by atoms with Gasteiger partial charge in [-0.3, -0.25) is 14.6 Å². The molecule has 0 atom stereocenters. The molecule has 2 aromatic heterocycles. The van der Waals surface area contributed by atoms with Gasteiger partial charge in [0.25, 0.3) is 11.5 Å². The summed E-state index contributed by atoms with van der Waals surface area (Å²) in [5, 5.41) is 2.57. The van der Waals surface area contributed by atoms with Crippen molar-refractivity contribution in [3.8, 4) is 16.9 Å². The number of nitrogens with two attached hydrogens (primary N) is 1. The Hall–Kier alpha value is -4.74. The Balaban J connectivity index is 1.92. The Labute approximate surface area is 207 Å². The maximum Gasteiger partial charge on any atom is 0.387 e. The number of amides is 1. The van der Waals surface area contributed by atoms with E-state index in [0.717, 1.165) is 28.8 Å². The highest BCUT2D eigenvalue weighted by Crippen LogP contribution is 2.35. The summed E-state index contributed by atoms with van der Waals surface area (Å²) in [4.78, 5) is 34.0. The fourth-order valence-corrected chi connectivity index (χ4v) is 3.77. The molecule has 0 bridgehead atoms. The molecular weight excluding hydrogens is 494 g/mol. The first-order chi connectivity index (χ1) is 17.7. The van der Waals surface area contributed by atoms with Gasteiger partial charge in [-0.1, -0.05) is 18.2 Å². The zero-order valence-electron chi connectivity index (χ0n) is 19.2. The first kappa shape index (κ1) is 25.4. The maximum atomic E-state index is 14.8. The molecule has 4 aromatic rings. The second-order valence-corrected chi connectivity index (χ2v) is 7.80. The average molecular weight is 513 g/mol. The SMILES string of the molecule is Cn1c(Cc2c(F)cccc2OC(F)F)c(NC(=O)c2cnccn2)c(N)c(-c2ccc(F)cc2)c1=O. The quantitative estimate of drug-likeness (QED) is 0.359. The molecule has 0 unspecified atom stereocenters. The van der Waals surface area contributed by atoms with Gasteiger partial charge >= 0.3 is 6.61 Å². The third kappa shape index (κ3) is 5.27. The van der Waals surface area contributed by atoms with Crippen molar-refractivity contribution < 1.29 is 27.1 Å². The normalized spacial score (nSPS) is 11.0. The van der Waals surface area contributed by atoms with E-state index >= 15 is 0 Å². The van der Waals surface area contributed by atoms with E-state index in [1.165, 1.54) is 43.8 Å². The Morgan fingerprint density at radius 3 is 2.51 bits per heavy atom. The topological polar surface area (TPSA) is 112 Å². The lowest BCUT2D eigenvalue weighted by Gasteiger charge is -2.21. The monoisotopic (exact) mass is 513 g/mol. The molecule has 8 nitrogen and oxygen atoms in total. The summed E-state index contributed by atoms with van der Waals surface area (Å²) in [5.41, 5.74) is 5.24. The highest BCUT2D eigenvalue weighted by Gasteiger charge is 2.25. The van der Waals surface area contributed by atoms with E-state index in [2.05, 4.69) is 20.0 Å². The van der Waals surface area contributed by atoms with E-state index in [-0.39, 0.29) is 39.5 Å². The predicted octanol–water partition coefficient (Wildman–Crippen LogP) is 4.15. The van der Waals surface area contributed by atoms with Crippen molar-refractivity contribution in [2.75, 3.05) is 11.1 Å². The number of carbonyl (C=O) groups excluding carboxylic acids is 1. The summed E-state index contributed by atoms with van der Waals surface area (Å²) in [6, 6.07) is 8.32. The third-order valence-electron chi connectivity index (χ3n) is 5.55. The molecule has 0 saturated heterocycles. The van der Waals surface area contributed by atoms with E-state index in [1.807, 2.05) is 0 Å². The smallest absolute Gasteiger partial charge is 0.387 e. The second kappa shape index (κ2) is 10.5. The molecule has 0 fully saturated rings. The molecular formula is C25H19F4N5O3. The number of rotatable bonds is 7. The molecule has 0 saturated carbocycles. The summed E-state index contributed by atoms with van der Waals surface area (Å²) in [6.45, 7) is -3.23. The molecule has 4 rings (SSSR count). The lowest BCUT2D eigenvalue weighted by atomic mass is 9.99. The molecule has 3 N–H and O–H groups in total. The lowest BCUT2D eigenvalue weighted by Crippen LogP contribution is -2.28. The summed E-state index contributed by atoms with van der Waals surface area (Å²) in [7, 11) is 1.34. The van der Waals surface area contributed by atoms with Crippen molar-refractivity contribution >= 4 is 17.3 Å². The van der Waals surface area contributed by atoms with Crippen LogP contribution in [0.2, 0.25) is 0 Å². The average Bonchev–Trinajstić information content (AvgIpc) is 2.87. The van der Waals surface area contributed by atoms with Gasteiger partial charge in [0, 0.05) is 31.4 Å². The van der Waals surface area contributed by atoms with Gasteiger partial charge in [-0.15, -0.1) is 0 Å². The highest BCUT2D eigenvalue weighted by atomic mass is 19.3. The van der Waals surface area contributed by atoms with Crippen LogP contribution in [-0.2, 0) is 13.5 Å². The van der Waals surface area contributed by atoms with Gasteiger partial charge < -0.3 is 20.4 Å². The summed E-state index contributed by atoms with van der Waals surface area (Å²) in [6.07, 6.45) is 3.39. The van der Waals surface area contributed by atoms with Crippen molar-refractivity contribution in [3.63, 3.8) is 0 Å². The molecule has 2 heterocycles. The molecule has 190 valence electrons. The largest absolute Gasteiger partial charge is 0.434 e. The Morgan fingerprint density at radius 2 is 1.86 bits per heavy atom. The van der Waals surface area contributed by atoms with Crippen LogP contribution in [0.4, 0.5) is 28.9 Å². The fraction of sp³-hybridized carbons (Fsp3) is 0.120. The minimum atomic E-state index is -3.23. The number of benzene rings is 2. The first-order valence-corrected chi connectivity index (χ1v) is 10.7. The summed E-state index contributed by atoms with van der Waals surface area (Å²) < 4.78 is 59.8. The van der Waals surface area contributed by atoms with Crippen LogP contribution in [0.1, 0.15) is 21.7 Å². The van der Waals surface area contributed by atoms with Crippen LogP contribution < -0.4 is 21.3 Å².